The molecule has 0 saturated heterocycles. The second kappa shape index (κ2) is 5.70. The maximum Gasteiger partial charge on any atom is 0.188 e. The molecule has 0 atom stereocenters. The quantitative estimate of drug-likeness (QED) is 0.588. The van der Waals surface area contributed by atoms with Crippen LogP contribution in [0.15, 0.2) is 17.4 Å². The summed E-state index contributed by atoms with van der Waals surface area (Å²) in [6, 6.07) is 0. The first kappa shape index (κ1) is 12.0. The first-order valence-electron chi connectivity index (χ1n) is 6.27. The lowest BCUT2D eigenvalue weighted by Crippen LogP contribution is -2.35. The Kier molecular flexibility index (Phi) is 4.01. The van der Waals surface area contributed by atoms with Gasteiger partial charge in [0.05, 0.1) is 12.7 Å². The summed E-state index contributed by atoms with van der Waals surface area (Å²) in [5, 5.41) is 7.32. The lowest BCUT2D eigenvalue weighted by atomic mass is 9.86. The van der Waals surface area contributed by atoms with E-state index in [-0.39, 0.29) is 0 Å². The third kappa shape index (κ3) is 3.76. The summed E-state index contributed by atoms with van der Waals surface area (Å²) in [5.41, 5.74) is 6.96. The molecule has 0 aromatic carbocycles. The van der Waals surface area contributed by atoms with Crippen molar-refractivity contribution in [3.8, 4) is 0 Å². The molecule has 3 N–H and O–H groups in total. The van der Waals surface area contributed by atoms with Gasteiger partial charge in [-0.2, -0.15) is 5.10 Å². The first-order valence-corrected chi connectivity index (χ1v) is 6.27. The van der Waals surface area contributed by atoms with Gasteiger partial charge in [0.1, 0.15) is 0 Å². The molecule has 1 aromatic rings. The van der Waals surface area contributed by atoms with Gasteiger partial charge < -0.3 is 11.1 Å². The third-order valence-electron chi connectivity index (χ3n) is 3.15. The molecule has 1 saturated carbocycles. The minimum absolute atomic E-state index is 0.556. The van der Waals surface area contributed by atoms with Gasteiger partial charge in [0.2, 0.25) is 0 Å². The molecule has 1 aliphatic rings. The molecular formula is C12H21N5. The number of aryl methyl sites for hydroxylation is 1. The van der Waals surface area contributed by atoms with Gasteiger partial charge in [0, 0.05) is 19.3 Å². The molecule has 2 rings (SSSR count). The molecule has 0 bridgehead atoms. The van der Waals surface area contributed by atoms with Gasteiger partial charge in [-0.05, 0) is 31.2 Å². The largest absolute Gasteiger partial charge is 0.370 e. The van der Waals surface area contributed by atoms with Gasteiger partial charge in [-0.1, -0.05) is 6.42 Å². The van der Waals surface area contributed by atoms with Crippen LogP contribution in [-0.2, 0) is 6.54 Å². The van der Waals surface area contributed by atoms with Crippen molar-refractivity contribution < 1.29 is 0 Å². The van der Waals surface area contributed by atoms with E-state index in [1.54, 1.807) is 0 Å². The van der Waals surface area contributed by atoms with Crippen LogP contribution in [0.25, 0.3) is 0 Å². The maximum absolute atomic E-state index is 5.78. The van der Waals surface area contributed by atoms with Crippen molar-refractivity contribution in [3.63, 3.8) is 0 Å². The van der Waals surface area contributed by atoms with Gasteiger partial charge in [-0.3, -0.25) is 9.67 Å². The highest BCUT2D eigenvalue weighted by molar-refractivity contribution is 5.77. The van der Waals surface area contributed by atoms with Crippen molar-refractivity contribution in [2.24, 2.45) is 16.6 Å². The fraction of sp³-hybridized carbons (Fsp3) is 0.667. The fourth-order valence-corrected chi connectivity index (χ4v) is 1.85. The molecule has 94 valence electrons. The fourth-order valence-electron chi connectivity index (χ4n) is 1.85. The van der Waals surface area contributed by atoms with E-state index in [0.717, 1.165) is 25.6 Å². The monoisotopic (exact) mass is 235 g/mol. The highest BCUT2D eigenvalue weighted by atomic mass is 15.3. The highest BCUT2D eigenvalue weighted by Crippen LogP contribution is 2.26. The average molecular weight is 235 g/mol. The van der Waals surface area contributed by atoms with Gasteiger partial charge in [-0.25, -0.2) is 0 Å². The Morgan fingerprint density at radius 3 is 3.06 bits per heavy atom. The van der Waals surface area contributed by atoms with E-state index < -0.39 is 0 Å². The van der Waals surface area contributed by atoms with Crippen molar-refractivity contribution >= 4 is 5.96 Å². The second-order valence-corrected chi connectivity index (χ2v) is 4.73. The number of nitrogens with zero attached hydrogens (tertiary/aromatic N) is 3. The first-order chi connectivity index (χ1) is 8.24. The molecule has 0 spiro atoms. The normalized spacial score (nSPS) is 16.9. The molecule has 1 aromatic heterocycles. The molecule has 0 amide bonds. The summed E-state index contributed by atoms with van der Waals surface area (Å²) in [6.45, 7) is 4.49. The minimum Gasteiger partial charge on any atom is -0.370 e. The van der Waals surface area contributed by atoms with Gasteiger partial charge in [-0.15, -0.1) is 0 Å². The lowest BCUT2D eigenvalue weighted by molar-refractivity contribution is 0.326. The van der Waals surface area contributed by atoms with Crippen LogP contribution in [0.5, 0.6) is 0 Å². The van der Waals surface area contributed by atoms with Crippen molar-refractivity contribution in [1.82, 2.24) is 15.1 Å². The van der Waals surface area contributed by atoms with E-state index in [0.29, 0.717) is 5.96 Å². The van der Waals surface area contributed by atoms with Crippen LogP contribution in [0, 0.1) is 12.8 Å². The Bertz CT molecular complexity index is 378. The summed E-state index contributed by atoms with van der Waals surface area (Å²) in [4.78, 5) is 4.34. The number of aromatic nitrogens is 2. The van der Waals surface area contributed by atoms with Crippen LogP contribution < -0.4 is 11.1 Å². The molecule has 17 heavy (non-hydrogen) atoms. The molecule has 1 heterocycles. The van der Waals surface area contributed by atoms with E-state index in [9.17, 15) is 0 Å². The summed E-state index contributed by atoms with van der Waals surface area (Å²) >= 11 is 0. The van der Waals surface area contributed by atoms with E-state index in [1.165, 1.54) is 24.8 Å². The number of nitrogens with one attached hydrogen (secondary N) is 1. The Hall–Kier alpha value is -1.52. The SMILES string of the molecule is Cc1cnn(CCNC(N)=NCC2CCC2)c1. The Morgan fingerprint density at radius 2 is 2.47 bits per heavy atom. The van der Waals surface area contributed by atoms with E-state index in [2.05, 4.69) is 15.4 Å². The minimum atomic E-state index is 0.556. The Balaban J connectivity index is 1.63. The zero-order valence-corrected chi connectivity index (χ0v) is 10.4. The molecule has 0 aliphatic heterocycles. The summed E-state index contributed by atoms with van der Waals surface area (Å²) in [7, 11) is 0. The van der Waals surface area contributed by atoms with Crippen LogP contribution in [0.3, 0.4) is 0 Å². The predicted octanol–water partition coefficient (Wildman–Crippen LogP) is 0.896. The van der Waals surface area contributed by atoms with E-state index >= 15 is 0 Å². The standard InChI is InChI=1S/C12H21N5/c1-10-7-16-17(9-10)6-5-14-12(13)15-8-11-3-2-4-11/h7,9,11H,2-6,8H2,1H3,(H3,13,14,15). The van der Waals surface area contributed by atoms with Crippen LogP contribution in [0.4, 0.5) is 0 Å². The predicted molar refractivity (Wildman–Crippen MR) is 68.8 cm³/mol. The van der Waals surface area contributed by atoms with Gasteiger partial charge >= 0.3 is 0 Å². The van der Waals surface area contributed by atoms with E-state index in [4.69, 9.17) is 5.73 Å². The Labute approximate surface area is 102 Å². The molecule has 0 unspecified atom stereocenters. The smallest absolute Gasteiger partial charge is 0.188 e. The summed E-state index contributed by atoms with van der Waals surface area (Å²) < 4.78 is 1.90. The number of rotatable bonds is 5. The maximum atomic E-state index is 5.78. The molecule has 5 nitrogen and oxygen atoms in total. The topological polar surface area (TPSA) is 68.2 Å². The van der Waals surface area contributed by atoms with Crippen molar-refractivity contribution in [2.75, 3.05) is 13.1 Å². The molecule has 0 radical (unpaired) electrons. The molecule has 5 heteroatoms. The second-order valence-electron chi connectivity index (χ2n) is 4.73. The summed E-state index contributed by atoms with van der Waals surface area (Å²) in [5.74, 6) is 1.32. The van der Waals surface area contributed by atoms with Crippen molar-refractivity contribution in [2.45, 2.75) is 32.7 Å². The van der Waals surface area contributed by atoms with Crippen LogP contribution in [-0.4, -0.2) is 28.8 Å². The number of hydrogen-bond donors (Lipinski definition) is 2. The van der Waals surface area contributed by atoms with Gasteiger partial charge in [0.25, 0.3) is 0 Å². The molecular weight excluding hydrogens is 214 g/mol. The van der Waals surface area contributed by atoms with Crippen LogP contribution in [0.1, 0.15) is 24.8 Å². The van der Waals surface area contributed by atoms with Crippen LogP contribution >= 0.6 is 0 Å². The molecule has 1 aliphatic carbocycles. The zero-order valence-electron chi connectivity index (χ0n) is 10.4. The highest BCUT2D eigenvalue weighted by Gasteiger charge is 2.16. The number of nitrogens with two attached hydrogens (primary N) is 1. The van der Waals surface area contributed by atoms with E-state index in [1.807, 2.05) is 24.0 Å². The zero-order chi connectivity index (χ0) is 12.1. The number of hydrogen-bond acceptors (Lipinski definition) is 2. The Morgan fingerprint density at radius 1 is 1.65 bits per heavy atom. The third-order valence-corrected chi connectivity index (χ3v) is 3.15. The summed E-state index contributed by atoms with van der Waals surface area (Å²) in [6.07, 6.45) is 7.84. The van der Waals surface area contributed by atoms with Gasteiger partial charge in [0.15, 0.2) is 5.96 Å². The lowest BCUT2D eigenvalue weighted by Gasteiger charge is -2.23. The van der Waals surface area contributed by atoms with Crippen molar-refractivity contribution in [3.05, 3.63) is 18.0 Å². The molecule has 1 fully saturated rings. The van der Waals surface area contributed by atoms with Crippen molar-refractivity contribution in [1.29, 1.82) is 0 Å². The van der Waals surface area contributed by atoms with Crippen LogP contribution in [0.2, 0.25) is 0 Å². The number of guanidine groups is 1. The average Bonchev–Trinajstić information content (AvgIpc) is 2.62. The number of aliphatic imine (C=N–C) groups is 1.